The van der Waals surface area contributed by atoms with Crippen molar-refractivity contribution in [3.63, 3.8) is 0 Å². The molecule has 1 saturated heterocycles. The van der Waals surface area contributed by atoms with Crippen LogP contribution >= 0.6 is 0 Å². The van der Waals surface area contributed by atoms with Crippen LogP contribution in [0.2, 0.25) is 0 Å². The third-order valence-electron chi connectivity index (χ3n) is 8.42. The lowest BCUT2D eigenvalue weighted by molar-refractivity contribution is -0.152. The largest absolute Gasteiger partial charge is 0.466 e. The maximum Gasteiger partial charge on any atom is 0.330 e. The SMILES string of the molecule is C#CCn1c(=O)n(C2CCN(CC3(CC)CCCCCCC3)CC2C(=O)OCC)c2ccccc21. The van der Waals surface area contributed by atoms with E-state index in [4.69, 9.17) is 11.2 Å². The van der Waals surface area contributed by atoms with Gasteiger partial charge >= 0.3 is 11.7 Å². The van der Waals surface area contributed by atoms with Crippen molar-refractivity contribution in [1.82, 2.24) is 14.0 Å². The zero-order valence-electron chi connectivity index (χ0n) is 21.5. The highest BCUT2D eigenvalue weighted by molar-refractivity contribution is 5.78. The summed E-state index contributed by atoms with van der Waals surface area (Å²) in [6.07, 6.45) is 16.7. The Morgan fingerprint density at radius 3 is 2.46 bits per heavy atom. The summed E-state index contributed by atoms with van der Waals surface area (Å²) >= 11 is 0. The van der Waals surface area contributed by atoms with Gasteiger partial charge < -0.3 is 9.64 Å². The van der Waals surface area contributed by atoms with E-state index in [1.165, 1.54) is 51.4 Å². The molecule has 2 unspecified atom stereocenters. The van der Waals surface area contributed by atoms with Gasteiger partial charge in [0, 0.05) is 19.6 Å². The summed E-state index contributed by atoms with van der Waals surface area (Å²) in [5, 5.41) is 0. The Balaban J connectivity index is 1.65. The third-order valence-corrected chi connectivity index (χ3v) is 8.42. The Morgan fingerprint density at radius 1 is 1.11 bits per heavy atom. The molecule has 6 nitrogen and oxygen atoms in total. The number of hydrogen-bond donors (Lipinski definition) is 0. The first-order chi connectivity index (χ1) is 17.0. The summed E-state index contributed by atoms with van der Waals surface area (Å²) in [5.41, 5.74) is 1.85. The highest BCUT2D eigenvalue weighted by Gasteiger charge is 2.41. The van der Waals surface area contributed by atoms with E-state index < -0.39 is 0 Å². The number of carbonyl (C=O) groups is 1. The molecule has 2 fully saturated rings. The van der Waals surface area contributed by atoms with Crippen molar-refractivity contribution < 1.29 is 9.53 Å². The fourth-order valence-corrected chi connectivity index (χ4v) is 6.49. The standard InChI is InChI=1S/C29H41N3O3/c1-4-19-31-25-14-10-11-15-26(25)32(28(31)34)24-16-20-30(21-23(24)27(33)35-6-3)22-29(5-2)17-12-8-7-9-13-18-29/h1,10-11,14-15,23-24H,5-9,12-13,16-22H2,2-3H3. The summed E-state index contributed by atoms with van der Waals surface area (Å²) in [7, 11) is 0. The molecular weight excluding hydrogens is 438 g/mol. The number of piperidine rings is 1. The number of imidazole rings is 1. The minimum Gasteiger partial charge on any atom is -0.466 e. The molecule has 2 aromatic rings. The first kappa shape index (κ1) is 25.6. The topological polar surface area (TPSA) is 56.5 Å². The van der Waals surface area contributed by atoms with Crippen LogP contribution in [0.5, 0.6) is 0 Å². The van der Waals surface area contributed by atoms with Gasteiger partial charge in [0.25, 0.3) is 0 Å². The van der Waals surface area contributed by atoms with Crippen molar-refractivity contribution in [2.75, 3.05) is 26.2 Å². The molecule has 0 radical (unpaired) electrons. The van der Waals surface area contributed by atoms with Crippen LogP contribution in [-0.2, 0) is 16.1 Å². The van der Waals surface area contributed by atoms with Gasteiger partial charge in [-0.05, 0) is 50.2 Å². The number of benzene rings is 1. The Labute approximate surface area is 209 Å². The van der Waals surface area contributed by atoms with Crippen molar-refractivity contribution in [3.8, 4) is 12.3 Å². The molecule has 0 amide bonds. The Morgan fingerprint density at radius 2 is 1.80 bits per heavy atom. The molecule has 4 rings (SSSR count). The lowest BCUT2D eigenvalue weighted by atomic mass is 9.73. The molecule has 0 spiro atoms. The van der Waals surface area contributed by atoms with Crippen molar-refractivity contribution >= 4 is 17.0 Å². The second-order valence-electron chi connectivity index (χ2n) is 10.5. The van der Waals surface area contributed by atoms with Crippen LogP contribution in [-0.4, -0.2) is 46.2 Å². The highest BCUT2D eigenvalue weighted by Crippen LogP contribution is 2.40. The van der Waals surface area contributed by atoms with Gasteiger partial charge in [-0.1, -0.05) is 57.1 Å². The zero-order valence-corrected chi connectivity index (χ0v) is 21.5. The van der Waals surface area contributed by atoms with Crippen LogP contribution in [0.4, 0.5) is 0 Å². The van der Waals surface area contributed by atoms with E-state index in [9.17, 15) is 9.59 Å². The first-order valence-electron chi connectivity index (χ1n) is 13.6. The van der Waals surface area contributed by atoms with Gasteiger partial charge in [0.05, 0.1) is 36.1 Å². The molecule has 1 aromatic heterocycles. The van der Waals surface area contributed by atoms with Crippen LogP contribution in [0.15, 0.2) is 29.1 Å². The lowest BCUT2D eigenvalue weighted by Crippen LogP contribution is -2.50. The van der Waals surface area contributed by atoms with Crippen molar-refractivity contribution in [2.24, 2.45) is 11.3 Å². The normalized spacial score (nSPS) is 23.3. The summed E-state index contributed by atoms with van der Waals surface area (Å²) < 4.78 is 9.01. The molecule has 0 N–H and O–H groups in total. The second-order valence-corrected chi connectivity index (χ2v) is 10.5. The molecule has 1 aliphatic carbocycles. The Kier molecular flexibility index (Phi) is 8.38. The molecule has 2 aliphatic rings. The van der Waals surface area contributed by atoms with Crippen LogP contribution in [0.25, 0.3) is 11.0 Å². The summed E-state index contributed by atoms with van der Waals surface area (Å²) in [6, 6.07) is 7.50. The van der Waals surface area contributed by atoms with E-state index in [-0.39, 0.29) is 30.2 Å². The number of ether oxygens (including phenoxy) is 1. The Bertz CT molecular complexity index is 1100. The predicted molar refractivity (Wildman–Crippen MR) is 140 cm³/mol. The molecule has 190 valence electrons. The van der Waals surface area contributed by atoms with E-state index in [2.05, 4.69) is 17.7 Å². The molecule has 0 bridgehead atoms. The van der Waals surface area contributed by atoms with Crippen molar-refractivity contribution in [3.05, 3.63) is 34.7 Å². The summed E-state index contributed by atoms with van der Waals surface area (Å²) in [6.45, 7) is 7.27. The molecule has 2 heterocycles. The number of likely N-dealkylation sites (tertiary alicyclic amines) is 1. The summed E-state index contributed by atoms with van der Waals surface area (Å²) in [4.78, 5) is 29.3. The average molecular weight is 480 g/mol. The molecule has 35 heavy (non-hydrogen) atoms. The average Bonchev–Trinajstić information content (AvgIpc) is 3.12. The number of aromatic nitrogens is 2. The lowest BCUT2D eigenvalue weighted by Gasteiger charge is -2.44. The molecular formula is C29H41N3O3. The highest BCUT2D eigenvalue weighted by atomic mass is 16.5. The van der Waals surface area contributed by atoms with Crippen LogP contribution in [0.3, 0.4) is 0 Å². The fourth-order valence-electron chi connectivity index (χ4n) is 6.49. The van der Waals surface area contributed by atoms with E-state index in [0.29, 0.717) is 18.6 Å². The van der Waals surface area contributed by atoms with Gasteiger partial charge in [0.15, 0.2) is 0 Å². The zero-order chi connectivity index (χ0) is 24.8. The molecule has 1 aromatic carbocycles. The predicted octanol–water partition coefficient (Wildman–Crippen LogP) is 5.00. The molecule has 1 aliphatic heterocycles. The quantitative estimate of drug-likeness (QED) is 0.414. The number of para-hydroxylation sites is 2. The van der Waals surface area contributed by atoms with Gasteiger partial charge in [-0.25, -0.2) is 4.79 Å². The number of rotatable bonds is 7. The van der Waals surface area contributed by atoms with E-state index >= 15 is 0 Å². The van der Waals surface area contributed by atoms with E-state index in [1.807, 2.05) is 35.8 Å². The minimum atomic E-state index is -0.381. The van der Waals surface area contributed by atoms with Crippen LogP contribution in [0, 0.1) is 23.7 Å². The number of fused-ring (bicyclic) bond motifs is 1. The molecule has 1 saturated carbocycles. The first-order valence-corrected chi connectivity index (χ1v) is 13.6. The number of terminal acetylenes is 1. The number of esters is 1. The second kappa shape index (κ2) is 11.5. The fraction of sp³-hybridized carbons (Fsp3) is 0.655. The summed E-state index contributed by atoms with van der Waals surface area (Å²) in [5.74, 6) is 2.03. The maximum absolute atomic E-state index is 13.5. The van der Waals surface area contributed by atoms with E-state index in [0.717, 1.165) is 30.5 Å². The van der Waals surface area contributed by atoms with Crippen molar-refractivity contribution in [2.45, 2.75) is 84.2 Å². The van der Waals surface area contributed by atoms with Gasteiger partial charge in [0.1, 0.15) is 0 Å². The smallest absolute Gasteiger partial charge is 0.330 e. The van der Waals surface area contributed by atoms with Gasteiger partial charge in [-0.3, -0.25) is 13.9 Å². The Hall–Kier alpha value is -2.52. The van der Waals surface area contributed by atoms with Crippen molar-refractivity contribution in [1.29, 1.82) is 0 Å². The monoisotopic (exact) mass is 479 g/mol. The maximum atomic E-state index is 13.5. The van der Waals surface area contributed by atoms with E-state index in [1.54, 1.807) is 4.57 Å². The minimum absolute atomic E-state index is 0.137. The number of hydrogen-bond acceptors (Lipinski definition) is 4. The number of carbonyl (C=O) groups excluding carboxylic acids is 1. The molecule has 6 heteroatoms. The number of nitrogens with zero attached hydrogens (tertiary/aromatic N) is 3. The molecule has 2 atom stereocenters. The van der Waals surface area contributed by atoms with Gasteiger partial charge in [0.2, 0.25) is 0 Å². The van der Waals surface area contributed by atoms with Gasteiger partial charge in [-0.2, -0.15) is 0 Å². The van der Waals surface area contributed by atoms with Crippen LogP contribution in [0.1, 0.15) is 77.7 Å². The third kappa shape index (κ3) is 5.35. The van der Waals surface area contributed by atoms with Crippen LogP contribution < -0.4 is 5.69 Å². The van der Waals surface area contributed by atoms with Gasteiger partial charge in [-0.15, -0.1) is 6.42 Å².